The van der Waals surface area contributed by atoms with Gasteiger partial charge in [0.05, 0.1) is 0 Å². The molecule has 0 aliphatic rings. The van der Waals surface area contributed by atoms with Gasteiger partial charge in [-0.2, -0.15) is 0 Å². The van der Waals surface area contributed by atoms with Gasteiger partial charge in [-0.25, -0.2) is 13.2 Å². The van der Waals surface area contributed by atoms with Crippen LogP contribution in [0.1, 0.15) is 12.5 Å². The van der Waals surface area contributed by atoms with Crippen molar-refractivity contribution in [2.75, 3.05) is 0 Å². The maximum Gasteiger partial charge on any atom is 0.129 e. The van der Waals surface area contributed by atoms with E-state index in [1.165, 1.54) is 36.4 Å². The molecule has 3 heteroatoms. The minimum atomic E-state index is -0.563. The van der Waals surface area contributed by atoms with Crippen molar-refractivity contribution >= 4 is 0 Å². The molecule has 0 radical (unpaired) electrons. The van der Waals surface area contributed by atoms with Crippen molar-refractivity contribution in [3.05, 3.63) is 59.4 Å². The average molecular weight is 236 g/mol. The van der Waals surface area contributed by atoms with Crippen LogP contribution >= 0.6 is 0 Å². The van der Waals surface area contributed by atoms with Crippen molar-refractivity contribution in [3.63, 3.8) is 0 Å². The van der Waals surface area contributed by atoms with Gasteiger partial charge in [-0.05, 0) is 41.8 Å². The maximum atomic E-state index is 13.6. The van der Waals surface area contributed by atoms with E-state index in [1.54, 1.807) is 6.92 Å². The zero-order valence-corrected chi connectivity index (χ0v) is 9.31. The molecule has 0 amide bonds. The molecule has 2 aromatic carbocycles. The number of benzene rings is 2. The molecular formula is C14H11F3. The van der Waals surface area contributed by atoms with Crippen molar-refractivity contribution in [1.29, 1.82) is 0 Å². The van der Waals surface area contributed by atoms with Crippen LogP contribution in [0.25, 0.3) is 11.1 Å². The number of hydrogen-bond donors (Lipinski definition) is 0. The summed E-state index contributed by atoms with van der Waals surface area (Å²) in [5, 5.41) is 0. The molecule has 0 spiro atoms. The van der Waals surface area contributed by atoms with Crippen LogP contribution in [0.2, 0.25) is 0 Å². The maximum absolute atomic E-state index is 13.6. The lowest BCUT2D eigenvalue weighted by atomic mass is 10.0. The topological polar surface area (TPSA) is 0 Å². The molecule has 0 atom stereocenters. The Morgan fingerprint density at radius 3 is 1.82 bits per heavy atom. The second-order valence-corrected chi connectivity index (χ2v) is 3.78. The first-order valence-electron chi connectivity index (χ1n) is 5.35. The first-order chi connectivity index (χ1) is 8.11. The van der Waals surface area contributed by atoms with E-state index in [9.17, 15) is 13.2 Å². The summed E-state index contributed by atoms with van der Waals surface area (Å²) in [5.41, 5.74) is 1.08. The molecule has 0 aromatic heterocycles. The van der Waals surface area contributed by atoms with Gasteiger partial charge in [-0.1, -0.05) is 19.1 Å². The van der Waals surface area contributed by atoms with E-state index in [2.05, 4.69) is 0 Å². The van der Waals surface area contributed by atoms with Crippen LogP contribution in [-0.4, -0.2) is 0 Å². The highest BCUT2D eigenvalue weighted by Crippen LogP contribution is 2.24. The van der Waals surface area contributed by atoms with E-state index in [-0.39, 0.29) is 11.4 Å². The molecule has 0 bridgehead atoms. The van der Waals surface area contributed by atoms with Crippen molar-refractivity contribution in [3.8, 4) is 11.1 Å². The predicted molar refractivity (Wildman–Crippen MR) is 61.1 cm³/mol. The summed E-state index contributed by atoms with van der Waals surface area (Å²) in [7, 11) is 0. The van der Waals surface area contributed by atoms with E-state index < -0.39 is 11.6 Å². The largest absolute Gasteiger partial charge is 0.207 e. The molecule has 17 heavy (non-hydrogen) atoms. The summed E-state index contributed by atoms with van der Waals surface area (Å²) >= 11 is 0. The standard InChI is InChI=1S/C14H11F3/c1-2-12-13(16)7-10(8-14(12)17)9-3-5-11(15)6-4-9/h3-8H,2H2,1H3. The van der Waals surface area contributed by atoms with E-state index >= 15 is 0 Å². The Morgan fingerprint density at radius 1 is 0.824 bits per heavy atom. The lowest BCUT2D eigenvalue weighted by Gasteiger charge is -2.06. The number of hydrogen-bond acceptors (Lipinski definition) is 0. The van der Waals surface area contributed by atoms with Crippen LogP contribution < -0.4 is 0 Å². The summed E-state index contributed by atoms with van der Waals surface area (Å²) in [6.07, 6.45) is 0.307. The van der Waals surface area contributed by atoms with Crippen LogP contribution in [0, 0.1) is 17.5 Å². The molecule has 0 heterocycles. The molecule has 0 fully saturated rings. The first kappa shape index (κ1) is 11.7. The highest BCUT2D eigenvalue weighted by molar-refractivity contribution is 5.64. The third-order valence-electron chi connectivity index (χ3n) is 2.67. The Hall–Kier alpha value is -1.77. The lowest BCUT2D eigenvalue weighted by Crippen LogP contribution is -1.94. The van der Waals surface area contributed by atoms with Crippen LogP contribution in [0.3, 0.4) is 0 Å². The van der Waals surface area contributed by atoms with E-state index in [0.717, 1.165) is 0 Å². The Kier molecular flexibility index (Phi) is 3.18. The Balaban J connectivity index is 2.50. The molecular weight excluding hydrogens is 225 g/mol. The van der Waals surface area contributed by atoms with Crippen LogP contribution in [-0.2, 0) is 6.42 Å². The van der Waals surface area contributed by atoms with Gasteiger partial charge in [0.2, 0.25) is 0 Å². The summed E-state index contributed by atoms with van der Waals surface area (Å²) in [6.45, 7) is 1.69. The molecule has 0 saturated carbocycles. The highest BCUT2D eigenvalue weighted by atomic mass is 19.1. The molecule has 88 valence electrons. The van der Waals surface area contributed by atoms with Gasteiger partial charge in [-0.3, -0.25) is 0 Å². The van der Waals surface area contributed by atoms with Crippen molar-refractivity contribution in [2.45, 2.75) is 13.3 Å². The van der Waals surface area contributed by atoms with Gasteiger partial charge in [-0.15, -0.1) is 0 Å². The molecule has 0 unspecified atom stereocenters. The molecule has 0 aliphatic carbocycles. The average Bonchev–Trinajstić information content (AvgIpc) is 2.29. The number of halogens is 3. The fourth-order valence-electron chi connectivity index (χ4n) is 1.75. The quantitative estimate of drug-likeness (QED) is 0.727. The third-order valence-corrected chi connectivity index (χ3v) is 2.67. The molecule has 2 aromatic rings. The van der Waals surface area contributed by atoms with Gasteiger partial charge in [0.25, 0.3) is 0 Å². The Bertz CT molecular complexity index is 507. The third kappa shape index (κ3) is 2.33. The normalized spacial score (nSPS) is 10.6. The highest BCUT2D eigenvalue weighted by Gasteiger charge is 2.10. The molecule has 0 nitrogen and oxygen atoms in total. The smallest absolute Gasteiger partial charge is 0.129 e. The van der Waals surface area contributed by atoms with Gasteiger partial charge in [0.1, 0.15) is 17.5 Å². The summed E-state index contributed by atoms with van der Waals surface area (Å²) in [5.74, 6) is -1.50. The monoisotopic (exact) mass is 236 g/mol. The van der Waals surface area contributed by atoms with Gasteiger partial charge >= 0.3 is 0 Å². The fraction of sp³-hybridized carbons (Fsp3) is 0.143. The fourth-order valence-corrected chi connectivity index (χ4v) is 1.75. The Morgan fingerprint density at radius 2 is 1.35 bits per heavy atom. The predicted octanol–water partition coefficient (Wildman–Crippen LogP) is 4.33. The zero-order valence-electron chi connectivity index (χ0n) is 9.31. The SMILES string of the molecule is CCc1c(F)cc(-c2ccc(F)cc2)cc1F. The van der Waals surface area contributed by atoms with Crippen LogP contribution in [0.4, 0.5) is 13.2 Å². The first-order valence-corrected chi connectivity index (χ1v) is 5.35. The van der Waals surface area contributed by atoms with E-state index in [1.807, 2.05) is 0 Å². The second kappa shape index (κ2) is 4.62. The van der Waals surface area contributed by atoms with E-state index in [0.29, 0.717) is 17.5 Å². The molecule has 2 rings (SSSR count). The molecule has 0 N–H and O–H groups in total. The van der Waals surface area contributed by atoms with Gasteiger partial charge in [0, 0.05) is 5.56 Å². The van der Waals surface area contributed by atoms with Crippen LogP contribution in [0.15, 0.2) is 36.4 Å². The summed E-state index contributed by atoms with van der Waals surface area (Å²) < 4.78 is 39.9. The minimum absolute atomic E-state index is 0.0795. The van der Waals surface area contributed by atoms with Gasteiger partial charge in [0.15, 0.2) is 0 Å². The Labute approximate surface area is 97.7 Å². The molecule has 0 saturated heterocycles. The number of rotatable bonds is 2. The summed E-state index contributed by atoms with van der Waals surface area (Å²) in [6, 6.07) is 8.06. The van der Waals surface area contributed by atoms with Crippen molar-refractivity contribution in [1.82, 2.24) is 0 Å². The molecule has 0 aliphatic heterocycles. The summed E-state index contributed by atoms with van der Waals surface area (Å²) in [4.78, 5) is 0. The van der Waals surface area contributed by atoms with Crippen molar-refractivity contribution in [2.24, 2.45) is 0 Å². The van der Waals surface area contributed by atoms with Crippen LogP contribution in [0.5, 0.6) is 0 Å². The van der Waals surface area contributed by atoms with E-state index in [4.69, 9.17) is 0 Å². The van der Waals surface area contributed by atoms with Crippen molar-refractivity contribution < 1.29 is 13.2 Å². The minimum Gasteiger partial charge on any atom is -0.207 e. The van der Waals surface area contributed by atoms with Gasteiger partial charge < -0.3 is 0 Å². The lowest BCUT2D eigenvalue weighted by molar-refractivity contribution is 0.560. The zero-order chi connectivity index (χ0) is 12.4. The second-order valence-electron chi connectivity index (χ2n) is 3.78.